The number of aliphatic hydroxyl groups is 1. The maximum atomic E-state index is 9.63. The Labute approximate surface area is 75.6 Å². The van der Waals surface area contributed by atoms with E-state index in [1.165, 1.54) is 25.6 Å². The molecule has 4 heteroatoms. The molecule has 0 aliphatic heterocycles. The van der Waals surface area contributed by atoms with E-state index in [4.69, 9.17) is 9.47 Å². The van der Waals surface area contributed by atoms with Gasteiger partial charge in [-0.2, -0.15) is 11.3 Å². The standard InChI is InChI=1S/C8H12O3S/c1-10-8(11-2)7(9)6-3-4-12-5-6/h3-5,7-9H,1-2H3. The molecule has 1 aromatic heterocycles. The molecule has 0 aliphatic carbocycles. The number of aliphatic hydroxyl groups excluding tert-OH is 1. The molecule has 0 spiro atoms. The fourth-order valence-electron chi connectivity index (χ4n) is 0.954. The van der Waals surface area contributed by atoms with Crippen LogP contribution in [0, 0.1) is 0 Å². The number of rotatable bonds is 4. The normalized spacial score (nSPS) is 13.7. The predicted octanol–water partition coefficient (Wildman–Crippen LogP) is 1.40. The molecule has 1 N–H and O–H groups in total. The van der Waals surface area contributed by atoms with Crippen LogP contribution in [0.15, 0.2) is 16.8 Å². The summed E-state index contributed by atoms with van der Waals surface area (Å²) < 4.78 is 9.83. The minimum atomic E-state index is -0.703. The van der Waals surface area contributed by atoms with E-state index in [0.29, 0.717) is 0 Å². The molecule has 0 saturated heterocycles. The summed E-state index contributed by atoms with van der Waals surface area (Å²) >= 11 is 1.54. The highest BCUT2D eigenvalue weighted by atomic mass is 32.1. The van der Waals surface area contributed by atoms with Crippen molar-refractivity contribution in [1.29, 1.82) is 0 Å². The number of hydrogen-bond donors (Lipinski definition) is 1. The van der Waals surface area contributed by atoms with Gasteiger partial charge in [-0.15, -0.1) is 0 Å². The maximum Gasteiger partial charge on any atom is 0.187 e. The number of thiophene rings is 1. The van der Waals surface area contributed by atoms with E-state index in [2.05, 4.69) is 0 Å². The number of hydrogen-bond acceptors (Lipinski definition) is 4. The van der Waals surface area contributed by atoms with Crippen molar-refractivity contribution in [3.05, 3.63) is 22.4 Å². The Hall–Kier alpha value is -0.420. The van der Waals surface area contributed by atoms with Crippen LogP contribution in [0.4, 0.5) is 0 Å². The first kappa shape index (κ1) is 9.67. The lowest BCUT2D eigenvalue weighted by Gasteiger charge is -2.18. The molecule has 0 saturated carbocycles. The predicted molar refractivity (Wildman–Crippen MR) is 47.1 cm³/mol. The van der Waals surface area contributed by atoms with Gasteiger partial charge < -0.3 is 14.6 Å². The largest absolute Gasteiger partial charge is 0.383 e. The second-order valence-electron chi connectivity index (χ2n) is 2.34. The van der Waals surface area contributed by atoms with Crippen LogP contribution in [-0.2, 0) is 9.47 Å². The molecule has 68 valence electrons. The van der Waals surface area contributed by atoms with Gasteiger partial charge in [-0.3, -0.25) is 0 Å². The Morgan fingerprint density at radius 3 is 2.50 bits per heavy atom. The summed E-state index contributed by atoms with van der Waals surface area (Å²) in [6.45, 7) is 0. The highest BCUT2D eigenvalue weighted by Gasteiger charge is 2.19. The summed E-state index contributed by atoms with van der Waals surface area (Å²) in [7, 11) is 3.01. The lowest BCUT2D eigenvalue weighted by molar-refractivity contribution is -0.166. The van der Waals surface area contributed by atoms with Crippen molar-refractivity contribution < 1.29 is 14.6 Å². The topological polar surface area (TPSA) is 38.7 Å². The quantitative estimate of drug-likeness (QED) is 0.726. The molecule has 1 rings (SSSR count). The van der Waals surface area contributed by atoms with Crippen LogP contribution in [-0.4, -0.2) is 25.6 Å². The van der Waals surface area contributed by atoms with Crippen LogP contribution in [0.1, 0.15) is 11.7 Å². The van der Waals surface area contributed by atoms with Gasteiger partial charge in [0.1, 0.15) is 6.10 Å². The molecule has 1 unspecified atom stereocenters. The van der Waals surface area contributed by atoms with Crippen molar-refractivity contribution in [2.45, 2.75) is 12.4 Å². The smallest absolute Gasteiger partial charge is 0.187 e. The molecular formula is C8H12O3S. The van der Waals surface area contributed by atoms with E-state index in [9.17, 15) is 5.11 Å². The highest BCUT2D eigenvalue weighted by molar-refractivity contribution is 7.07. The third kappa shape index (κ3) is 2.04. The van der Waals surface area contributed by atoms with E-state index in [1.807, 2.05) is 16.8 Å². The van der Waals surface area contributed by atoms with Gasteiger partial charge in [0, 0.05) is 14.2 Å². The summed E-state index contributed by atoms with van der Waals surface area (Å²) in [5.41, 5.74) is 0.828. The molecule has 0 aliphatic rings. The van der Waals surface area contributed by atoms with Crippen LogP contribution in [0.5, 0.6) is 0 Å². The molecule has 3 nitrogen and oxygen atoms in total. The molecular weight excluding hydrogens is 176 g/mol. The van der Waals surface area contributed by atoms with Gasteiger partial charge in [0.2, 0.25) is 0 Å². The first-order chi connectivity index (χ1) is 5.79. The monoisotopic (exact) mass is 188 g/mol. The van der Waals surface area contributed by atoms with Gasteiger partial charge in [-0.25, -0.2) is 0 Å². The molecule has 1 heterocycles. The summed E-state index contributed by atoms with van der Waals surface area (Å²) in [6, 6.07) is 1.85. The SMILES string of the molecule is COC(OC)C(O)c1ccsc1. The minimum Gasteiger partial charge on any atom is -0.383 e. The zero-order valence-electron chi connectivity index (χ0n) is 7.06. The molecule has 0 aromatic carbocycles. The third-order valence-electron chi connectivity index (χ3n) is 1.61. The summed E-state index contributed by atoms with van der Waals surface area (Å²) in [6.07, 6.45) is -1.29. The zero-order chi connectivity index (χ0) is 8.97. The van der Waals surface area contributed by atoms with E-state index >= 15 is 0 Å². The Morgan fingerprint density at radius 1 is 1.42 bits per heavy atom. The fourth-order valence-corrected chi connectivity index (χ4v) is 1.64. The van der Waals surface area contributed by atoms with E-state index in [-0.39, 0.29) is 0 Å². The van der Waals surface area contributed by atoms with Crippen LogP contribution in [0.2, 0.25) is 0 Å². The van der Waals surface area contributed by atoms with E-state index < -0.39 is 12.4 Å². The highest BCUT2D eigenvalue weighted by Crippen LogP contribution is 2.21. The van der Waals surface area contributed by atoms with Gasteiger partial charge in [0.05, 0.1) is 0 Å². The van der Waals surface area contributed by atoms with Crippen LogP contribution < -0.4 is 0 Å². The molecule has 1 aromatic rings. The molecule has 0 fully saturated rings. The lowest BCUT2D eigenvalue weighted by atomic mass is 10.2. The summed E-state index contributed by atoms with van der Waals surface area (Å²) in [5, 5.41) is 13.4. The molecule has 0 amide bonds. The van der Waals surface area contributed by atoms with Gasteiger partial charge in [0.15, 0.2) is 6.29 Å². The van der Waals surface area contributed by atoms with Crippen molar-refractivity contribution in [3.8, 4) is 0 Å². The average Bonchev–Trinajstić information content (AvgIpc) is 2.58. The van der Waals surface area contributed by atoms with Crippen LogP contribution >= 0.6 is 11.3 Å². The van der Waals surface area contributed by atoms with Crippen molar-refractivity contribution >= 4 is 11.3 Å². The number of ether oxygens (including phenoxy) is 2. The molecule has 0 bridgehead atoms. The van der Waals surface area contributed by atoms with Gasteiger partial charge in [0.25, 0.3) is 0 Å². The summed E-state index contributed by atoms with van der Waals surface area (Å²) in [4.78, 5) is 0. The minimum absolute atomic E-state index is 0.584. The van der Waals surface area contributed by atoms with Crippen molar-refractivity contribution in [2.75, 3.05) is 14.2 Å². The third-order valence-corrected chi connectivity index (χ3v) is 2.31. The lowest BCUT2D eigenvalue weighted by Crippen LogP contribution is -2.22. The Bertz CT molecular complexity index is 206. The Morgan fingerprint density at radius 2 is 2.08 bits per heavy atom. The maximum absolute atomic E-state index is 9.63. The van der Waals surface area contributed by atoms with Gasteiger partial charge in [-0.1, -0.05) is 0 Å². The van der Waals surface area contributed by atoms with Crippen molar-refractivity contribution in [3.63, 3.8) is 0 Å². The van der Waals surface area contributed by atoms with Gasteiger partial charge >= 0.3 is 0 Å². The fraction of sp³-hybridized carbons (Fsp3) is 0.500. The van der Waals surface area contributed by atoms with Crippen molar-refractivity contribution in [1.82, 2.24) is 0 Å². The molecule has 12 heavy (non-hydrogen) atoms. The molecule has 0 radical (unpaired) electrons. The second kappa shape index (κ2) is 4.57. The van der Waals surface area contributed by atoms with Crippen LogP contribution in [0.25, 0.3) is 0 Å². The Balaban J connectivity index is 2.63. The average molecular weight is 188 g/mol. The van der Waals surface area contributed by atoms with E-state index in [1.54, 1.807) is 0 Å². The zero-order valence-corrected chi connectivity index (χ0v) is 7.88. The number of methoxy groups -OCH3 is 2. The van der Waals surface area contributed by atoms with Crippen molar-refractivity contribution in [2.24, 2.45) is 0 Å². The van der Waals surface area contributed by atoms with Crippen LogP contribution in [0.3, 0.4) is 0 Å². The first-order valence-corrected chi connectivity index (χ1v) is 4.49. The summed E-state index contributed by atoms with van der Waals surface area (Å²) in [5.74, 6) is 0. The second-order valence-corrected chi connectivity index (χ2v) is 3.12. The van der Waals surface area contributed by atoms with E-state index in [0.717, 1.165) is 5.56 Å². The molecule has 1 atom stereocenters. The Kier molecular flexibility index (Phi) is 3.68. The van der Waals surface area contributed by atoms with Gasteiger partial charge in [-0.05, 0) is 22.4 Å². The first-order valence-electron chi connectivity index (χ1n) is 3.55.